The van der Waals surface area contributed by atoms with E-state index in [1.54, 1.807) is 21.3 Å². The summed E-state index contributed by atoms with van der Waals surface area (Å²) >= 11 is 0. The molecular weight excluding hydrogens is 382 g/mol. The monoisotopic (exact) mass is 415 g/mol. The number of nitrogens with one attached hydrogen (secondary N) is 3. The maximum absolute atomic E-state index is 12.4. The molecule has 30 heavy (non-hydrogen) atoms. The molecule has 1 aliphatic rings. The van der Waals surface area contributed by atoms with E-state index in [2.05, 4.69) is 17.4 Å². The van der Waals surface area contributed by atoms with Gasteiger partial charge < -0.3 is 29.3 Å². The second-order valence-corrected chi connectivity index (χ2v) is 7.63. The van der Waals surface area contributed by atoms with Gasteiger partial charge in [0, 0.05) is 17.7 Å². The van der Waals surface area contributed by atoms with Crippen LogP contribution in [-0.4, -0.2) is 60.0 Å². The van der Waals surface area contributed by atoms with E-state index in [0.29, 0.717) is 13.1 Å². The highest BCUT2D eigenvalue weighted by Gasteiger charge is 2.25. The zero-order chi connectivity index (χ0) is 21.3. The van der Waals surface area contributed by atoms with Crippen LogP contribution < -0.4 is 29.3 Å². The van der Waals surface area contributed by atoms with Crippen molar-refractivity contribution in [2.75, 3.05) is 54.1 Å². The van der Waals surface area contributed by atoms with Gasteiger partial charge in [-0.1, -0.05) is 18.2 Å². The zero-order valence-electron chi connectivity index (χ0n) is 18.1. The quantitative estimate of drug-likeness (QED) is 0.508. The average Bonchev–Trinajstić information content (AvgIpc) is 2.79. The highest BCUT2D eigenvalue weighted by molar-refractivity contribution is 5.76. The Labute approximate surface area is 178 Å². The van der Waals surface area contributed by atoms with E-state index >= 15 is 0 Å². The fraction of sp³-hybridized carbons (Fsp3) is 0.435. The molecule has 0 aliphatic carbocycles. The molecule has 0 unspecified atom stereocenters. The molecule has 0 radical (unpaired) electrons. The number of methoxy groups -OCH3 is 3. The van der Waals surface area contributed by atoms with Crippen LogP contribution in [0.5, 0.6) is 17.2 Å². The van der Waals surface area contributed by atoms with Crippen LogP contribution in [0.2, 0.25) is 0 Å². The van der Waals surface area contributed by atoms with E-state index in [4.69, 9.17) is 14.2 Å². The Morgan fingerprint density at radius 3 is 2.23 bits per heavy atom. The van der Waals surface area contributed by atoms with Crippen LogP contribution in [0.25, 0.3) is 0 Å². The first-order chi connectivity index (χ1) is 14.6. The van der Waals surface area contributed by atoms with Gasteiger partial charge in [0.15, 0.2) is 18.0 Å². The fourth-order valence-corrected chi connectivity index (χ4v) is 3.92. The highest BCUT2D eigenvalue weighted by atomic mass is 16.5. The summed E-state index contributed by atoms with van der Waals surface area (Å²) in [6.07, 6.45) is 0. The molecule has 1 amide bonds. The molecule has 1 fully saturated rings. The average molecular weight is 416 g/mol. The molecule has 0 spiro atoms. The van der Waals surface area contributed by atoms with Crippen LogP contribution >= 0.6 is 0 Å². The van der Waals surface area contributed by atoms with E-state index in [9.17, 15) is 4.79 Å². The van der Waals surface area contributed by atoms with Crippen LogP contribution in [0.15, 0.2) is 42.5 Å². The first-order valence-electron chi connectivity index (χ1n) is 10.4. The van der Waals surface area contributed by atoms with E-state index in [1.807, 2.05) is 30.3 Å². The highest BCUT2D eigenvalue weighted by Crippen LogP contribution is 2.27. The predicted molar refractivity (Wildman–Crippen MR) is 114 cm³/mol. The SMILES string of the molecule is COc1ccccc1CNC(=O)C[NH+]1CC[NH+](Cc2ccc(OC)c(OC)c2)CC1. The van der Waals surface area contributed by atoms with Crippen LogP contribution in [0, 0.1) is 0 Å². The predicted octanol–water partition coefficient (Wildman–Crippen LogP) is -0.688. The lowest BCUT2D eigenvalue weighted by Crippen LogP contribution is -3.28. The lowest BCUT2D eigenvalue weighted by molar-refractivity contribution is -1.02. The van der Waals surface area contributed by atoms with Gasteiger partial charge in [0.05, 0.1) is 21.3 Å². The standard InChI is InChI=1S/C23H31N3O4/c1-28-20-7-5-4-6-19(20)15-24-23(27)17-26-12-10-25(11-13-26)16-18-8-9-21(29-2)22(14-18)30-3/h4-9,14H,10-13,15-17H2,1-3H3,(H,24,27)/p+2. The van der Waals surface area contributed by atoms with Gasteiger partial charge in [0.25, 0.3) is 5.91 Å². The third-order valence-electron chi connectivity index (χ3n) is 5.65. The van der Waals surface area contributed by atoms with Crippen LogP contribution in [0.3, 0.4) is 0 Å². The molecule has 162 valence electrons. The van der Waals surface area contributed by atoms with Gasteiger partial charge >= 0.3 is 0 Å². The maximum Gasteiger partial charge on any atom is 0.275 e. The number of ether oxygens (including phenoxy) is 3. The van der Waals surface area contributed by atoms with Gasteiger partial charge in [-0.15, -0.1) is 0 Å². The molecule has 2 aromatic carbocycles. The van der Waals surface area contributed by atoms with Gasteiger partial charge in [0.1, 0.15) is 38.5 Å². The molecule has 0 bridgehead atoms. The Kier molecular flexibility index (Phi) is 7.93. The smallest absolute Gasteiger partial charge is 0.275 e. The summed E-state index contributed by atoms with van der Waals surface area (Å²) in [6, 6.07) is 13.9. The molecule has 0 atom stereocenters. The first-order valence-corrected chi connectivity index (χ1v) is 10.4. The molecule has 0 aromatic heterocycles. The largest absolute Gasteiger partial charge is 0.496 e. The van der Waals surface area contributed by atoms with Crippen LogP contribution in [-0.2, 0) is 17.9 Å². The number of quaternary nitrogens is 2. The van der Waals surface area contributed by atoms with E-state index < -0.39 is 0 Å². The molecule has 1 saturated heterocycles. The second-order valence-electron chi connectivity index (χ2n) is 7.63. The lowest BCUT2D eigenvalue weighted by atomic mass is 10.1. The Hall–Kier alpha value is -2.77. The minimum Gasteiger partial charge on any atom is -0.496 e. The van der Waals surface area contributed by atoms with Crippen molar-refractivity contribution in [3.05, 3.63) is 53.6 Å². The first kappa shape index (κ1) is 21.9. The fourth-order valence-electron chi connectivity index (χ4n) is 3.92. The Bertz CT molecular complexity index is 835. The maximum atomic E-state index is 12.4. The molecule has 7 nitrogen and oxygen atoms in total. The summed E-state index contributed by atoms with van der Waals surface area (Å²) in [5.74, 6) is 2.41. The van der Waals surface area contributed by atoms with Crippen molar-refractivity contribution >= 4 is 5.91 Å². The second kappa shape index (κ2) is 10.8. The molecule has 1 heterocycles. The van der Waals surface area contributed by atoms with Gasteiger partial charge in [-0.2, -0.15) is 0 Å². The van der Waals surface area contributed by atoms with Crippen LogP contribution in [0.1, 0.15) is 11.1 Å². The third kappa shape index (κ3) is 5.87. The lowest BCUT2D eigenvalue weighted by Gasteiger charge is -2.29. The Balaban J connectivity index is 1.42. The summed E-state index contributed by atoms with van der Waals surface area (Å²) < 4.78 is 16.1. The van der Waals surface area contributed by atoms with E-state index in [0.717, 1.165) is 55.5 Å². The summed E-state index contributed by atoms with van der Waals surface area (Å²) in [4.78, 5) is 15.2. The summed E-state index contributed by atoms with van der Waals surface area (Å²) in [5.41, 5.74) is 2.23. The Morgan fingerprint density at radius 1 is 0.867 bits per heavy atom. The van der Waals surface area contributed by atoms with E-state index in [-0.39, 0.29) is 5.91 Å². The third-order valence-corrected chi connectivity index (χ3v) is 5.65. The molecule has 0 saturated carbocycles. The van der Waals surface area contributed by atoms with Crippen molar-refractivity contribution in [3.63, 3.8) is 0 Å². The molecule has 2 aromatic rings. The summed E-state index contributed by atoms with van der Waals surface area (Å²) in [5, 5.41) is 3.02. The Morgan fingerprint density at radius 2 is 1.53 bits per heavy atom. The van der Waals surface area contributed by atoms with Gasteiger partial charge in [0.2, 0.25) is 0 Å². The van der Waals surface area contributed by atoms with E-state index in [1.165, 1.54) is 15.4 Å². The minimum atomic E-state index is 0.0826. The van der Waals surface area contributed by atoms with Crippen LogP contribution in [0.4, 0.5) is 0 Å². The molecular formula is C23H33N3O4+2. The summed E-state index contributed by atoms with van der Waals surface area (Å²) in [6.45, 7) is 6.03. The van der Waals surface area contributed by atoms with Gasteiger partial charge in [-0.3, -0.25) is 4.79 Å². The van der Waals surface area contributed by atoms with Crippen molar-refractivity contribution in [1.29, 1.82) is 0 Å². The van der Waals surface area contributed by atoms with Crippen molar-refractivity contribution in [2.45, 2.75) is 13.1 Å². The number of para-hydroxylation sites is 1. The van der Waals surface area contributed by atoms with Crippen molar-refractivity contribution in [3.8, 4) is 17.2 Å². The van der Waals surface area contributed by atoms with Crippen molar-refractivity contribution < 1.29 is 28.8 Å². The number of carbonyl (C=O) groups is 1. The minimum absolute atomic E-state index is 0.0826. The number of benzene rings is 2. The normalized spacial score (nSPS) is 18.5. The number of amides is 1. The number of hydrogen-bond acceptors (Lipinski definition) is 4. The summed E-state index contributed by atoms with van der Waals surface area (Å²) in [7, 11) is 4.96. The number of carbonyl (C=O) groups excluding carboxylic acids is 1. The number of piperazine rings is 1. The van der Waals surface area contributed by atoms with Gasteiger partial charge in [-0.05, 0) is 24.3 Å². The molecule has 7 heteroatoms. The number of hydrogen-bond donors (Lipinski definition) is 3. The number of rotatable bonds is 9. The van der Waals surface area contributed by atoms with Crippen molar-refractivity contribution in [1.82, 2.24) is 5.32 Å². The molecule has 3 N–H and O–H groups in total. The van der Waals surface area contributed by atoms with Crippen molar-refractivity contribution in [2.24, 2.45) is 0 Å². The van der Waals surface area contributed by atoms with Gasteiger partial charge in [-0.25, -0.2) is 0 Å². The topological polar surface area (TPSA) is 65.7 Å². The zero-order valence-corrected chi connectivity index (χ0v) is 18.1. The molecule has 3 rings (SSSR count). The molecule has 1 aliphatic heterocycles.